The van der Waals surface area contributed by atoms with Crippen molar-refractivity contribution >= 4 is 18.3 Å². The van der Waals surface area contributed by atoms with E-state index in [4.69, 9.17) is 0 Å². The summed E-state index contributed by atoms with van der Waals surface area (Å²) >= 11 is 0. The zero-order valence-corrected chi connectivity index (χ0v) is 12.3. The summed E-state index contributed by atoms with van der Waals surface area (Å²) in [6, 6.07) is 0.538. The summed E-state index contributed by atoms with van der Waals surface area (Å²) in [5.41, 5.74) is 0. The number of rotatable bonds is 4. The van der Waals surface area contributed by atoms with E-state index in [2.05, 4.69) is 17.1 Å². The summed E-state index contributed by atoms with van der Waals surface area (Å²) in [4.78, 5) is 14.5. The predicted octanol–water partition coefficient (Wildman–Crippen LogP) is 2.59. The highest BCUT2D eigenvalue weighted by Gasteiger charge is 2.26. The number of nitrogens with one attached hydrogen (secondary N) is 1. The second-order valence-corrected chi connectivity index (χ2v) is 5.53. The summed E-state index contributed by atoms with van der Waals surface area (Å²) in [7, 11) is 0. The van der Waals surface area contributed by atoms with Gasteiger partial charge in [-0.2, -0.15) is 0 Å². The van der Waals surface area contributed by atoms with Gasteiger partial charge >= 0.3 is 0 Å². The SMILES string of the molecule is CCN(C(=O)CC1CCNC1)C1CCCCC1.Cl. The third-order valence-corrected chi connectivity index (χ3v) is 4.30. The largest absolute Gasteiger partial charge is 0.340 e. The number of hydrogen-bond acceptors (Lipinski definition) is 2. The molecule has 0 aromatic rings. The molecule has 18 heavy (non-hydrogen) atoms. The lowest BCUT2D eigenvalue weighted by atomic mass is 9.93. The first-order valence-corrected chi connectivity index (χ1v) is 7.31. The highest BCUT2D eigenvalue weighted by atomic mass is 35.5. The number of carbonyl (C=O) groups excluding carboxylic acids is 1. The normalized spacial score (nSPS) is 24.6. The number of halogens is 1. The highest BCUT2D eigenvalue weighted by molar-refractivity contribution is 5.85. The summed E-state index contributed by atoms with van der Waals surface area (Å²) < 4.78 is 0. The number of amides is 1. The van der Waals surface area contributed by atoms with E-state index in [1.165, 1.54) is 38.5 Å². The molecule has 3 nitrogen and oxygen atoms in total. The maximum atomic E-state index is 12.3. The van der Waals surface area contributed by atoms with Gasteiger partial charge in [-0.05, 0) is 45.2 Å². The Kier molecular flexibility index (Phi) is 7.02. The molecule has 0 spiro atoms. The summed E-state index contributed by atoms with van der Waals surface area (Å²) in [6.07, 6.45) is 8.35. The molecule has 1 saturated heterocycles. The van der Waals surface area contributed by atoms with E-state index in [1.807, 2.05) is 0 Å². The maximum absolute atomic E-state index is 12.3. The van der Waals surface area contributed by atoms with Crippen LogP contribution in [0.1, 0.15) is 51.9 Å². The number of nitrogens with zero attached hydrogens (tertiary/aromatic N) is 1. The van der Waals surface area contributed by atoms with Crippen molar-refractivity contribution in [2.24, 2.45) is 5.92 Å². The monoisotopic (exact) mass is 274 g/mol. The van der Waals surface area contributed by atoms with E-state index >= 15 is 0 Å². The van der Waals surface area contributed by atoms with Crippen molar-refractivity contribution in [2.45, 2.75) is 57.9 Å². The van der Waals surface area contributed by atoms with Crippen molar-refractivity contribution in [1.82, 2.24) is 10.2 Å². The predicted molar refractivity (Wildman–Crippen MR) is 77.1 cm³/mol. The minimum absolute atomic E-state index is 0. The average Bonchev–Trinajstić information content (AvgIpc) is 2.84. The smallest absolute Gasteiger partial charge is 0.223 e. The molecule has 1 N–H and O–H groups in total. The van der Waals surface area contributed by atoms with Gasteiger partial charge in [0.2, 0.25) is 5.91 Å². The molecule has 106 valence electrons. The minimum Gasteiger partial charge on any atom is -0.340 e. The highest BCUT2D eigenvalue weighted by Crippen LogP contribution is 2.24. The second-order valence-electron chi connectivity index (χ2n) is 5.53. The Morgan fingerprint density at radius 1 is 1.22 bits per heavy atom. The standard InChI is InChI=1S/C14H26N2O.ClH/c1-2-16(13-6-4-3-5-7-13)14(17)10-12-8-9-15-11-12;/h12-13,15H,2-11H2,1H3;1H. The molecular formula is C14H27ClN2O. The molecule has 1 aliphatic carbocycles. The zero-order valence-electron chi connectivity index (χ0n) is 11.5. The van der Waals surface area contributed by atoms with Gasteiger partial charge in [-0.3, -0.25) is 4.79 Å². The molecule has 0 bridgehead atoms. The van der Waals surface area contributed by atoms with Gasteiger partial charge in [-0.1, -0.05) is 19.3 Å². The van der Waals surface area contributed by atoms with Gasteiger partial charge in [0.1, 0.15) is 0 Å². The van der Waals surface area contributed by atoms with Crippen LogP contribution in [0.25, 0.3) is 0 Å². The Balaban J connectivity index is 0.00000162. The van der Waals surface area contributed by atoms with Gasteiger partial charge in [0.15, 0.2) is 0 Å². The van der Waals surface area contributed by atoms with E-state index < -0.39 is 0 Å². The lowest BCUT2D eigenvalue weighted by molar-refractivity contribution is -0.134. The Morgan fingerprint density at radius 2 is 1.94 bits per heavy atom. The molecule has 2 aliphatic rings. The van der Waals surface area contributed by atoms with Gasteiger partial charge in [0, 0.05) is 19.0 Å². The Labute approximate surface area is 117 Å². The minimum atomic E-state index is 0. The number of hydrogen-bond donors (Lipinski definition) is 1. The maximum Gasteiger partial charge on any atom is 0.223 e. The number of carbonyl (C=O) groups is 1. The molecule has 1 saturated carbocycles. The molecule has 4 heteroatoms. The first-order valence-electron chi connectivity index (χ1n) is 7.31. The van der Waals surface area contributed by atoms with E-state index in [0.717, 1.165) is 26.1 Å². The molecule has 2 rings (SSSR count). The van der Waals surface area contributed by atoms with Crippen LogP contribution in [0, 0.1) is 5.92 Å². The first kappa shape index (κ1) is 15.8. The van der Waals surface area contributed by atoms with Crippen molar-refractivity contribution < 1.29 is 4.79 Å². The lowest BCUT2D eigenvalue weighted by Crippen LogP contribution is -2.42. The van der Waals surface area contributed by atoms with Crippen LogP contribution in [0.2, 0.25) is 0 Å². The molecule has 0 aromatic heterocycles. The van der Waals surface area contributed by atoms with Crippen molar-refractivity contribution in [3.05, 3.63) is 0 Å². The van der Waals surface area contributed by atoms with Gasteiger partial charge in [-0.15, -0.1) is 12.4 Å². The molecule has 1 aliphatic heterocycles. The molecular weight excluding hydrogens is 248 g/mol. The van der Waals surface area contributed by atoms with E-state index in [-0.39, 0.29) is 12.4 Å². The van der Waals surface area contributed by atoms with Crippen LogP contribution in [0.4, 0.5) is 0 Å². The summed E-state index contributed by atoms with van der Waals surface area (Å²) in [6.45, 7) is 5.14. The molecule has 1 unspecified atom stereocenters. The van der Waals surface area contributed by atoms with Crippen LogP contribution in [0.3, 0.4) is 0 Å². The first-order chi connectivity index (χ1) is 8.31. The molecule has 2 fully saturated rings. The van der Waals surface area contributed by atoms with Crippen molar-refractivity contribution in [2.75, 3.05) is 19.6 Å². The van der Waals surface area contributed by atoms with Gasteiger partial charge < -0.3 is 10.2 Å². The van der Waals surface area contributed by atoms with Crippen LogP contribution < -0.4 is 5.32 Å². The fourth-order valence-corrected chi connectivity index (χ4v) is 3.28. The zero-order chi connectivity index (χ0) is 12.1. The van der Waals surface area contributed by atoms with Crippen molar-refractivity contribution in [3.63, 3.8) is 0 Å². The Morgan fingerprint density at radius 3 is 2.50 bits per heavy atom. The third-order valence-electron chi connectivity index (χ3n) is 4.30. The Hall–Kier alpha value is -0.280. The third kappa shape index (κ3) is 4.13. The summed E-state index contributed by atoms with van der Waals surface area (Å²) in [5, 5.41) is 3.34. The Bertz CT molecular complexity index is 248. The van der Waals surface area contributed by atoms with Crippen LogP contribution in [0.5, 0.6) is 0 Å². The molecule has 1 heterocycles. The lowest BCUT2D eigenvalue weighted by Gasteiger charge is -2.34. The van der Waals surface area contributed by atoms with Gasteiger partial charge in [0.05, 0.1) is 0 Å². The fraction of sp³-hybridized carbons (Fsp3) is 0.929. The molecule has 0 aromatic carbocycles. The van der Waals surface area contributed by atoms with E-state index in [0.29, 0.717) is 17.9 Å². The molecule has 0 radical (unpaired) electrons. The average molecular weight is 275 g/mol. The van der Waals surface area contributed by atoms with E-state index in [9.17, 15) is 4.79 Å². The van der Waals surface area contributed by atoms with Crippen LogP contribution in [0.15, 0.2) is 0 Å². The van der Waals surface area contributed by atoms with Crippen molar-refractivity contribution in [3.8, 4) is 0 Å². The topological polar surface area (TPSA) is 32.3 Å². The van der Waals surface area contributed by atoms with Crippen LogP contribution >= 0.6 is 12.4 Å². The van der Waals surface area contributed by atoms with Crippen LogP contribution in [-0.4, -0.2) is 36.5 Å². The van der Waals surface area contributed by atoms with Gasteiger partial charge in [0.25, 0.3) is 0 Å². The molecule has 1 amide bonds. The summed E-state index contributed by atoms with van der Waals surface area (Å²) in [5.74, 6) is 0.980. The quantitative estimate of drug-likeness (QED) is 0.855. The van der Waals surface area contributed by atoms with E-state index in [1.54, 1.807) is 0 Å². The van der Waals surface area contributed by atoms with Crippen LogP contribution in [-0.2, 0) is 4.79 Å². The second kappa shape index (κ2) is 8.00. The fourth-order valence-electron chi connectivity index (χ4n) is 3.28. The van der Waals surface area contributed by atoms with Gasteiger partial charge in [-0.25, -0.2) is 0 Å². The van der Waals surface area contributed by atoms with Crippen molar-refractivity contribution in [1.29, 1.82) is 0 Å². The molecule has 1 atom stereocenters.